The zero-order valence-electron chi connectivity index (χ0n) is 12.7. The molecule has 1 unspecified atom stereocenters. The van der Waals surface area contributed by atoms with Crippen molar-refractivity contribution in [1.82, 2.24) is 9.97 Å². The molecule has 0 spiro atoms. The maximum Gasteiger partial charge on any atom is 0.328 e. The molecule has 0 bridgehead atoms. The number of nitrogens with one attached hydrogen (secondary N) is 1. The van der Waals surface area contributed by atoms with Crippen molar-refractivity contribution in [3.05, 3.63) is 16.5 Å². The molecule has 1 aromatic heterocycles. The number of esters is 1. The van der Waals surface area contributed by atoms with Gasteiger partial charge in [0.1, 0.15) is 22.8 Å². The van der Waals surface area contributed by atoms with Crippen LogP contribution >= 0.6 is 11.6 Å². The van der Waals surface area contributed by atoms with Crippen molar-refractivity contribution < 1.29 is 9.53 Å². The number of aromatic nitrogens is 2. The van der Waals surface area contributed by atoms with E-state index in [-0.39, 0.29) is 11.9 Å². The highest BCUT2D eigenvalue weighted by atomic mass is 35.5. The van der Waals surface area contributed by atoms with Crippen LogP contribution in [0.5, 0.6) is 0 Å². The van der Waals surface area contributed by atoms with Crippen molar-refractivity contribution >= 4 is 23.4 Å². The Morgan fingerprint density at radius 3 is 2.55 bits per heavy atom. The molecule has 20 heavy (non-hydrogen) atoms. The van der Waals surface area contributed by atoms with Crippen LogP contribution in [0, 0.1) is 12.8 Å². The van der Waals surface area contributed by atoms with Crippen LogP contribution in [-0.4, -0.2) is 29.1 Å². The third-order valence-corrected chi connectivity index (χ3v) is 3.39. The molecule has 0 aliphatic carbocycles. The lowest BCUT2D eigenvalue weighted by molar-refractivity contribution is -0.142. The van der Waals surface area contributed by atoms with Gasteiger partial charge in [0.2, 0.25) is 0 Å². The number of rotatable bonds is 6. The minimum atomic E-state index is -0.459. The summed E-state index contributed by atoms with van der Waals surface area (Å²) in [7, 11) is 1.38. The molecule has 0 saturated heterocycles. The molecule has 1 heterocycles. The minimum Gasteiger partial charge on any atom is -0.467 e. The van der Waals surface area contributed by atoms with Crippen LogP contribution in [0.3, 0.4) is 0 Å². The summed E-state index contributed by atoms with van der Waals surface area (Å²) in [5, 5.41) is 3.54. The van der Waals surface area contributed by atoms with E-state index in [4.69, 9.17) is 16.3 Å². The van der Waals surface area contributed by atoms with E-state index in [1.165, 1.54) is 7.11 Å². The van der Waals surface area contributed by atoms with E-state index in [0.717, 1.165) is 18.4 Å². The molecule has 1 aromatic rings. The first-order valence-electron chi connectivity index (χ1n) is 6.78. The number of carbonyl (C=O) groups excluding carboxylic acids is 1. The van der Waals surface area contributed by atoms with Crippen molar-refractivity contribution in [3.8, 4) is 0 Å². The van der Waals surface area contributed by atoms with Gasteiger partial charge in [0, 0.05) is 12.0 Å². The summed E-state index contributed by atoms with van der Waals surface area (Å²) >= 11 is 6.12. The lowest BCUT2D eigenvalue weighted by Crippen LogP contribution is -2.36. The van der Waals surface area contributed by atoms with Crippen molar-refractivity contribution in [3.63, 3.8) is 0 Å². The number of hydrogen-bond donors (Lipinski definition) is 1. The first-order chi connectivity index (χ1) is 9.40. The van der Waals surface area contributed by atoms with Gasteiger partial charge in [0.25, 0.3) is 0 Å². The van der Waals surface area contributed by atoms with E-state index < -0.39 is 6.04 Å². The van der Waals surface area contributed by atoms with Gasteiger partial charge >= 0.3 is 5.97 Å². The Labute approximate surface area is 125 Å². The molecule has 1 atom stereocenters. The molecule has 0 amide bonds. The molecule has 1 rings (SSSR count). The molecule has 112 valence electrons. The maximum atomic E-state index is 11.8. The molecule has 5 nitrogen and oxygen atoms in total. The third kappa shape index (κ3) is 4.07. The quantitative estimate of drug-likeness (QED) is 0.646. The Morgan fingerprint density at radius 2 is 2.05 bits per heavy atom. The number of methoxy groups -OCH3 is 1. The lowest BCUT2D eigenvalue weighted by atomic mass is 10.0. The van der Waals surface area contributed by atoms with Gasteiger partial charge in [-0.2, -0.15) is 0 Å². The van der Waals surface area contributed by atoms with Crippen LogP contribution in [-0.2, 0) is 16.0 Å². The normalized spacial score (nSPS) is 12.3. The summed E-state index contributed by atoms with van der Waals surface area (Å²) in [5.41, 5.74) is 0.737. The van der Waals surface area contributed by atoms with Crippen molar-refractivity contribution in [2.75, 3.05) is 12.4 Å². The maximum absolute atomic E-state index is 11.8. The average Bonchev–Trinajstić information content (AvgIpc) is 2.40. The Kier molecular flexibility index (Phi) is 6.20. The van der Waals surface area contributed by atoms with Crippen LogP contribution in [0.15, 0.2) is 0 Å². The predicted octanol–water partition coefficient (Wildman–Crippen LogP) is 3.00. The first-order valence-corrected chi connectivity index (χ1v) is 7.15. The molecule has 0 radical (unpaired) electrons. The largest absolute Gasteiger partial charge is 0.467 e. The van der Waals surface area contributed by atoms with E-state index in [1.807, 2.05) is 20.8 Å². The molecular formula is C14H22ClN3O2. The summed E-state index contributed by atoms with van der Waals surface area (Å²) in [4.78, 5) is 20.5. The van der Waals surface area contributed by atoms with Gasteiger partial charge in [-0.1, -0.05) is 32.4 Å². The van der Waals surface area contributed by atoms with Crippen molar-refractivity contribution in [1.29, 1.82) is 0 Å². The highest BCUT2D eigenvalue weighted by Crippen LogP contribution is 2.22. The number of carbonyl (C=O) groups is 1. The van der Waals surface area contributed by atoms with Gasteiger partial charge in [0.15, 0.2) is 0 Å². The summed E-state index contributed by atoms with van der Waals surface area (Å²) in [6.45, 7) is 7.77. The van der Waals surface area contributed by atoms with Crippen molar-refractivity contribution in [2.45, 2.75) is 46.6 Å². The number of anilines is 1. The average molecular weight is 300 g/mol. The van der Waals surface area contributed by atoms with E-state index >= 15 is 0 Å². The molecule has 0 aromatic carbocycles. The van der Waals surface area contributed by atoms with Crippen LogP contribution in [0.4, 0.5) is 5.82 Å². The smallest absolute Gasteiger partial charge is 0.328 e. The van der Waals surface area contributed by atoms with Gasteiger partial charge in [-0.25, -0.2) is 14.8 Å². The molecule has 0 saturated carbocycles. The van der Waals surface area contributed by atoms with Crippen molar-refractivity contribution in [2.24, 2.45) is 5.92 Å². The SMILES string of the molecule is CCCc1nc(Cl)c(C)c(NC(C(=O)OC)C(C)C)n1. The topological polar surface area (TPSA) is 64.1 Å². The van der Waals surface area contributed by atoms with Gasteiger partial charge in [-0.05, 0) is 19.3 Å². The third-order valence-electron chi connectivity index (χ3n) is 3.02. The summed E-state index contributed by atoms with van der Waals surface area (Å²) < 4.78 is 4.82. The number of ether oxygens (including phenoxy) is 1. The molecule has 1 N–H and O–H groups in total. The van der Waals surface area contributed by atoms with Gasteiger partial charge < -0.3 is 10.1 Å². The van der Waals surface area contributed by atoms with Crippen LogP contribution in [0.1, 0.15) is 38.6 Å². The summed E-state index contributed by atoms with van der Waals surface area (Å²) in [6, 6.07) is -0.459. The van der Waals surface area contributed by atoms with E-state index in [9.17, 15) is 4.79 Å². The summed E-state index contributed by atoms with van der Waals surface area (Å²) in [5.74, 6) is 1.03. The number of aryl methyl sites for hydroxylation is 1. The second-order valence-corrected chi connectivity index (χ2v) is 5.40. The van der Waals surface area contributed by atoms with Crippen LogP contribution < -0.4 is 5.32 Å². The highest BCUT2D eigenvalue weighted by Gasteiger charge is 2.24. The number of nitrogens with zero attached hydrogens (tertiary/aromatic N) is 2. The van der Waals surface area contributed by atoms with Crippen LogP contribution in [0.2, 0.25) is 5.15 Å². The Bertz CT molecular complexity index is 478. The Balaban J connectivity index is 3.08. The fraction of sp³-hybridized carbons (Fsp3) is 0.643. The standard InChI is InChI=1S/C14H22ClN3O2/c1-6-7-10-16-12(15)9(4)13(17-10)18-11(8(2)3)14(19)20-5/h8,11H,6-7H2,1-5H3,(H,16,17,18). The molecule has 6 heteroatoms. The Hall–Kier alpha value is -1.36. The first kappa shape index (κ1) is 16.7. The Morgan fingerprint density at radius 1 is 1.40 bits per heavy atom. The monoisotopic (exact) mass is 299 g/mol. The summed E-state index contributed by atoms with van der Waals surface area (Å²) in [6.07, 6.45) is 1.68. The molecule has 0 aliphatic heterocycles. The zero-order valence-corrected chi connectivity index (χ0v) is 13.4. The second-order valence-electron chi connectivity index (χ2n) is 5.04. The van der Waals surface area contributed by atoms with E-state index in [2.05, 4.69) is 22.2 Å². The number of hydrogen-bond acceptors (Lipinski definition) is 5. The molecular weight excluding hydrogens is 278 g/mol. The van der Waals surface area contributed by atoms with Gasteiger partial charge in [-0.3, -0.25) is 0 Å². The predicted molar refractivity (Wildman–Crippen MR) is 80.0 cm³/mol. The fourth-order valence-electron chi connectivity index (χ4n) is 1.78. The highest BCUT2D eigenvalue weighted by molar-refractivity contribution is 6.30. The van der Waals surface area contributed by atoms with Gasteiger partial charge in [0.05, 0.1) is 7.11 Å². The minimum absolute atomic E-state index is 0.0743. The molecule has 0 fully saturated rings. The second kappa shape index (κ2) is 7.43. The lowest BCUT2D eigenvalue weighted by Gasteiger charge is -2.21. The van der Waals surface area contributed by atoms with Crippen LogP contribution in [0.25, 0.3) is 0 Å². The van der Waals surface area contributed by atoms with Gasteiger partial charge in [-0.15, -0.1) is 0 Å². The molecule has 0 aliphatic rings. The van der Waals surface area contributed by atoms with E-state index in [1.54, 1.807) is 0 Å². The van der Waals surface area contributed by atoms with E-state index in [0.29, 0.717) is 16.8 Å². The number of halogens is 1. The fourth-order valence-corrected chi connectivity index (χ4v) is 1.97. The zero-order chi connectivity index (χ0) is 15.3.